The van der Waals surface area contributed by atoms with Crippen LogP contribution in [0.1, 0.15) is 32.3 Å². The quantitative estimate of drug-likeness (QED) is 0.611. The number of carbonyl (C=O) groups excluding carboxylic acids is 1. The van der Waals surface area contributed by atoms with Gasteiger partial charge in [0.05, 0.1) is 32.5 Å². The zero-order valence-corrected chi connectivity index (χ0v) is 15.2. The number of carbonyl (C=O) groups is 1. The van der Waals surface area contributed by atoms with E-state index in [9.17, 15) is 4.79 Å². The monoisotopic (exact) mass is 356 g/mol. The van der Waals surface area contributed by atoms with Gasteiger partial charge in [0, 0.05) is 5.56 Å². The third kappa shape index (κ3) is 4.39. The van der Waals surface area contributed by atoms with E-state index in [0.29, 0.717) is 19.8 Å². The molecule has 0 saturated carbocycles. The number of ether oxygens (including phenoxy) is 3. The smallest absolute Gasteiger partial charge is 0.245 e. The molecule has 0 atom stereocenters. The predicted molar refractivity (Wildman–Crippen MR) is 100 cm³/mol. The summed E-state index contributed by atoms with van der Waals surface area (Å²) in [6.45, 7) is 5.44. The van der Waals surface area contributed by atoms with E-state index >= 15 is 0 Å². The first-order valence-electron chi connectivity index (χ1n) is 8.86. The van der Waals surface area contributed by atoms with Crippen molar-refractivity contribution in [1.29, 1.82) is 0 Å². The molecule has 1 N–H and O–H groups in total. The number of hydrogen-bond donors (Lipinski definition) is 1. The van der Waals surface area contributed by atoms with Crippen molar-refractivity contribution in [3.05, 3.63) is 42.0 Å². The summed E-state index contributed by atoms with van der Waals surface area (Å²) < 4.78 is 16.7. The van der Waals surface area contributed by atoms with Crippen LogP contribution in [0, 0.1) is 0 Å². The molecule has 1 aliphatic rings. The summed E-state index contributed by atoms with van der Waals surface area (Å²) in [5, 5.41) is 6.23. The van der Waals surface area contributed by atoms with Crippen LogP contribution >= 0.6 is 0 Å². The Morgan fingerprint density at radius 1 is 1.27 bits per heavy atom. The van der Waals surface area contributed by atoms with Gasteiger partial charge in [0.2, 0.25) is 5.91 Å². The highest BCUT2D eigenvalue weighted by Crippen LogP contribution is 2.27. The van der Waals surface area contributed by atoms with Gasteiger partial charge >= 0.3 is 0 Å². The Morgan fingerprint density at radius 2 is 2.04 bits per heavy atom. The molecule has 6 nitrogen and oxygen atoms in total. The Kier molecular flexibility index (Phi) is 5.85. The summed E-state index contributed by atoms with van der Waals surface area (Å²) in [7, 11) is 0. The van der Waals surface area contributed by atoms with Crippen molar-refractivity contribution >= 4 is 22.9 Å². The van der Waals surface area contributed by atoms with E-state index in [4.69, 9.17) is 14.2 Å². The van der Waals surface area contributed by atoms with Gasteiger partial charge in [-0.25, -0.2) is 5.43 Å². The molecule has 1 fully saturated rings. The topological polar surface area (TPSA) is 69.2 Å². The standard InChI is InChI=1S/C20H24N2O4/c1-3-10-24-18-9-8-15-6-4-5-7-16(15)17(18)14-21-22-19(23)13-20(2)25-11-12-26-20/h4-9,14H,3,10-13H2,1-2H3,(H,22,23)/b21-14-. The maximum Gasteiger partial charge on any atom is 0.245 e. The normalized spacial score (nSPS) is 16.2. The maximum absolute atomic E-state index is 12.1. The van der Waals surface area contributed by atoms with Crippen molar-refractivity contribution in [3.63, 3.8) is 0 Å². The fourth-order valence-electron chi connectivity index (χ4n) is 2.91. The van der Waals surface area contributed by atoms with Crippen molar-refractivity contribution in [2.45, 2.75) is 32.5 Å². The SMILES string of the molecule is CCCOc1ccc2ccccc2c1/C=N\NC(=O)CC1(C)OCCO1. The second-order valence-electron chi connectivity index (χ2n) is 6.35. The van der Waals surface area contributed by atoms with Crippen LogP contribution in [0.15, 0.2) is 41.5 Å². The number of nitrogens with zero attached hydrogens (tertiary/aromatic N) is 1. The molecule has 0 aliphatic carbocycles. The molecule has 6 heteroatoms. The zero-order chi connectivity index (χ0) is 18.4. The molecule has 0 bridgehead atoms. The largest absolute Gasteiger partial charge is 0.493 e. The Hall–Kier alpha value is -2.44. The molecule has 138 valence electrons. The number of benzene rings is 2. The lowest BCUT2D eigenvalue weighted by Gasteiger charge is -2.20. The van der Waals surface area contributed by atoms with Gasteiger partial charge in [0.15, 0.2) is 5.79 Å². The van der Waals surface area contributed by atoms with Crippen LogP contribution in [0.2, 0.25) is 0 Å². The van der Waals surface area contributed by atoms with Crippen LogP contribution in [-0.4, -0.2) is 37.7 Å². The van der Waals surface area contributed by atoms with Gasteiger partial charge in [-0.2, -0.15) is 5.10 Å². The van der Waals surface area contributed by atoms with Gasteiger partial charge in [-0.3, -0.25) is 4.79 Å². The summed E-state index contributed by atoms with van der Waals surface area (Å²) in [6.07, 6.45) is 2.64. The molecule has 0 spiro atoms. The van der Waals surface area contributed by atoms with Crippen LogP contribution in [-0.2, 0) is 14.3 Å². The molecule has 3 rings (SSSR count). The Bertz CT molecular complexity index is 797. The third-order valence-electron chi connectivity index (χ3n) is 4.16. The first-order chi connectivity index (χ1) is 12.6. The zero-order valence-electron chi connectivity index (χ0n) is 15.2. The molecule has 1 aliphatic heterocycles. The predicted octanol–water partition coefficient (Wildman–Crippen LogP) is 3.23. The van der Waals surface area contributed by atoms with Crippen LogP contribution in [0.4, 0.5) is 0 Å². The van der Waals surface area contributed by atoms with Crippen molar-refractivity contribution in [2.75, 3.05) is 19.8 Å². The number of nitrogens with one attached hydrogen (secondary N) is 1. The second-order valence-corrected chi connectivity index (χ2v) is 6.35. The van der Waals surface area contributed by atoms with Crippen molar-refractivity contribution in [2.24, 2.45) is 5.10 Å². The minimum absolute atomic E-state index is 0.0963. The van der Waals surface area contributed by atoms with Crippen LogP contribution in [0.5, 0.6) is 5.75 Å². The van der Waals surface area contributed by atoms with Crippen molar-refractivity contribution < 1.29 is 19.0 Å². The maximum atomic E-state index is 12.1. The van der Waals surface area contributed by atoms with Crippen LogP contribution in [0.3, 0.4) is 0 Å². The number of rotatable bonds is 7. The van der Waals surface area contributed by atoms with E-state index in [-0.39, 0.29) is 12.3 Å². The highest BCUT2D eigenvalue weighted by atomic mass is 16.7. The average molecular weight is 356 g/mol. The first kappa shape index (κ1) is 18.4. The molecule has 1 saturated heterocycles. The molecule has 26 heavy (non-hydrogen) atoms. The van der Waals surface area contributed by atoms with Crippen LogP contribution in [0.25, 0.3) is 10.8 Å². The lowest BCUT2D eigenvalue weighted by molar-refractivity contribution is -0.159. The fraction of sp³-hybridized carbons (Fsp3) is 0.400. The van der Waals surface area contributed by atoms with Crippen LogP contribution < -0.4 is 10.2 Å². The van der Waals surface area contributed by atoms with E-state index in [0.717, 1.165) is 28.5 Å². The highest BCUT2D eigenvalue weighted by molar-refractivity contribution is 6.02. The third-order valence-corrected chi connectivity index (χ3v) is 4.16. The van der Waals surface area contributed by atoms with Gasteiger partial charge in [0.1, 0.15) is 5.75 Å². The number of hydrazone groups is 1. The summed E-state index contributed by atoms with van der Waals surface area (Å²) >= 11 is 0. The van der Waals surface area contributed by atoms with Gasteiger partial charge < -0.3 is 14.2 Å². The summed E-state index contributed by atoms with van der Waals surface area (Å²) in [5.74, 6) is -0.381. The van der Waals surface area contributed by atoms with E-state index in [1.807, 2.05) is 36.4 Å². The number of fused-ring (bicyclic) bond motifs is 1. The lowest BCUT2D eigenvalue weighted by atomic mass is 10.0. The fourth-order valence-corrected chi connectivity index (χ4v) is 2.91. The van der Waals surface area contributed by atoms with Gasteiger partial charge in [-0.15, -0.1) is 0 Å². The molecule has 0 radical (unpaired) electrons. The van der Waals surface area contributed by atoms with Gasteiger partial charge in [-0.05, 0) is 30.2 Å². The van der Waals surface area contributed by atoms with Gasteiger partial charge in [0.25, 0.3) is 0 Å². The molecular formula is C20H24N2O4. The minimum atomic E-state index is -0.867. The van der Waals surface area contributed by atoms with Gasteiger partial charge in [-0.1, -0.05) is 37.3 Å². The van der Waals surface area contributed by atoms with E-state index in [1.54, 1.807) is 13.1 Å². The van der Waals surface area contributed by atoms with Crippen molar-refractivity contribution in [3.8, 4) is 5.75 Å². The summed E-state index contributed by atoms with van der Waals surface area (Å²) in [4.78, 5) is 12.1. The Morgan fingerprint density at radius 3 is 2.81 bits per heavy atom. The molecule has 2 aromatic rings. The lowest BCUT2D eigenvalue weighted by Crippen LogP contribution is -2.33. The molecule has 0 unspecified atom stereocenters. The Balaban J connectivity index is 1.75. The van der Waals surface area contributed by atoms with E-state index in [1.165, 1.54) is 0 Å². The second kappa shape index (κ2) is 8.29. The average Bonchev–Trinajstić information content (AvgIpc) is 3.06. The van der Waals surface area contributed by atoms with E-state index in [2.05, 4.69) is 17.5 Å². The molecule has 2 aromatic carbocycles. The number of hydrogen-bond acceptors (Lipinski definition) is 5. The van der Waals surface area contributed by atoms with E-state index < -0.39 is 5.79 Å². The molecular weight excluding hydrogens is 332 g/mol. The number of amides is 1. The molecule has 1 heterocycles. The first-order valence-corrected chi connectivity index (χ1v) is 8.86. The minimum Gasteiger partial charge on any atom is -0.493 e. The summed E-state index contributed by atoms with van der Waals surface area (Å²) in [6, 6.07) is 12.0. The Labute approximate surface area is 153 Å². The molecule has 1 amide bonds. The highest BCUT2D eigenvalue weighted by Gasteiger charge is 2.33. The molecule has 0 aromatic heterocycles. The summed E-state index contributed by atoms with van der Waals surface area (Å²) in [5.41, 5.74) is 3.39. The van der Waals surface area contributed by atoms with Crippen molar-refractivity contribution in [1.82, 2.24) is 5.43 Å².